The summed E-state index contributed by atoms with van der Waals surface area (Å²) >= 11 is 0. The van der Waals surface area contributed by atoms with E-state index in [1.165, 1.54) is 25.7 Å². The van der Waals surface area contributed by atoms with Crippen LogP contribution in [0.4, 0.5) is 0 Å². The molecule has 0 bridgehead atoms. The zero-order valence-corrected chi connectivity index (χ0v) is 11.7. The molecule has 0 aliphatic heterocycles. The Morgan fingerprint density at radius 3 is 2.28 bits per heavy atom. The summed E-state index contributed by atoms with van der Waals surface area (Å²) in [5, 5.41) is 9.34. The zero-order chi connectivity index (χ0) is 13.3. The first kappa shape index (κ1) is 15.5. The van der Waals surface area contributed by atoms with Gasteiger partial charge in [-0.1, -0.05) is 45.4 Å². The molecule has 0 aromatic rings. The largest absolute Gasteiger partial charge is 0.479 e. The van der Waals surface area contributed by atoms with Crippen LogP contribution in [-0.2, 0) is 9.53 Å². The van der Waals surface area contributed by atoms with E-state index in [-0.39, 0.29) is 0 Å². The van der Waals surface area contributed by atoms with E-state index in [9.17, 15) is 9.90 Å². The minimum Gasteiger partial charge on any atom is -0.479 e. The molecule has 0 radical (unpaired) electrons. The van der Waals surface area contributed by atoms with Crippen molar-refractivity contribution in [3.63, 3.8) is 0 Å². The van der Waals surface area contributed by atoms with Crippen LogP contribution in [0.5, 0.6) is 0 Å². The SMILES string of the molecule is CCCCCCCCOC1(C(=O)O)CCCCC1. The summed E-state index contributed by atoms with van der Waals surface area (Å²) in [4.78, 5) is 11.4. The topological polar surface area (TPSA) is 46.5 Å². The molecule has 3 heteroatoms. The van der Waals surface area contributed by atoms with Crippen molar-refractivity contribution in [1.29, 1.82) is 0 Å². The number of aliphatic carboxylic acids is 1. The molecule has 0 atom stereocenters. The molecule has 1 N–H and O–H groups in total. The Hall–Kier alpha value is -0.570. The van der Waals surface area contributed by atoms with Gasteiger partial charge in [-0.3, -0.25) is 0 Å². The van der Waals surface area contributed by atoms with Gasteiger partial charge in [0.05, 0.1) is 0 Å². The first-order valence-electron chi connectivity index (χ1n) is 7.58. The predicted molar refractivity (Wildman–Crippen MR) is 72.8 cm³/mol. The van der Waals surface area contributed by atoms with Crippen LogP contribution in [0.15, 0.2) is 0 Å². The molecule has 1 aliphatic carbocycles. The average Bonchev–Trinajstić information content (AvgIpc) is 2.38. The monoisotopic (exact) mass is 256 g/mol. The van der Waals surface area contributed by atoms with Gasteiger partial charge < -0.3 is 9.84 Å². The van der Waals surface area contributed by atoms with E-state index >= 15 is 0 Å². The number of hydrogen-bond donors (Lipinski definition) is 1. The minimum absolute atomic E-state index is 0.610. The highest BCUT2D eigenvalue weighted by atomic mass is 16.5. The van der Waals surface area contributed by atoms with Crippen LogP contribution in [-0.4, -0.2) is 23.3 Å². The summed E-state index contributed by atoms with van der Waals surface area (Å²) in [7, 11) is 0. The van der Waals surface area contributed by atoms with Gasteiger partial charge in [0.2, 0.25) is 0 Å². The number of carboxylic acids is 1. The molecule has 1 aliphatic rings. The molecular weight excluding hydrogens is 228 g/mol. The van der Waals surface area contributed by atoms with Crippen molar-refractivity contribution in [3.8, 4) is 0 Å². The van der Waals surface area contributed by atoms with Crippen molar-refractivity contribution in [2.24, 2.45) is 0 Å². The Morgan fingerprint density at radius 2 is 1.67 bits per heavy atom. The smallest absolute Gasteiger partial charge is 0.335 e. The van der Waals surface area contributed by atoms with Crippen molar-refractivity contribution in [3.05, 3.63) is 0 Å². The lowest BCUT2D eigenvalue weighted by atomic mass is 9.84. The first-order valence-corrected chi connectivity index (χ1v) is 7.58. The second-order valence-electron chi connectivity index (χ2n) is 5.48. The van der Waals surface area contributed by atoms with Crippen LogP contribution >= 0.6 is 0 Å². The molecule has 1 fully saturated rings. The maximum absolute atomic E-state index is 11.4. The Bertz CT molecular complexity index is 232. The zero-order valence-electron chi connectivity index (χ0n) is 11.7. The van der Waals surface area contributed by atoms with Crippen molar-refractivity contribution >= 4 is 5.97 Å². The normalized spacial score (nSPS) is 18.7. The lowest BCUT2D eigenvalue weighted by molar-refractivity contribution is -0.171. The summed E-state index contributed by atoms with van der Waals surface area (Å²) in [6.45, 7) is 2.82. The molecule has 0 heterocycles. The fourth-order valence-electron chi connectivity index (χ4n) is 2.69. The Balaban J connectivity index is 2.16. The molecule has 0 unspecified atom stereocenters. The summed E-state index contributed by atoms with van der Waals surface area (Å²) in [5.74, 6) is -0.756. The molecule has 0 saturated heterocycles. The van der Waals surface area contributed by atoms with Gasteiger partial charge in [-0.25, -0.2) is 4.79 Å². The van der Waals surface area contributed by atoms with Gasteiger partial charge in [-0.15, -0.1) is 0 Å². The number of ether oxygens (including phenoxy) is 1. The number of unbranched alkanes of at least 4 members (excludes halogenated alkanes) is 5. The van der Waals surface area contributed by atoms with Crippen LogP contribution in [0, 0.1) is 0 Å². The third-order valence-electron chi connectivity index (χ3n) is 3.93. The third kappa shape index (κ3) is 4.97. The highest BCUT2D eigenvalue weighted by Crippen LogP contribution is 2.32. The van der Waals surface area contributed by atoms with Gasteiger partial charge in [0.25, 0.3) is 0 Å². The van der Waals surface area contributed by atoms with Gasteiger partial charge in [0, 0.05) is 6.61 Å². The lowest BCUT2D eigenvalue weighted by Gasteiger charge is -2.33. The van der Waals surface area contributed by atoms with Crippen LogP contribution in [0.1, 0.15) is 77.6 Å². The number of carboxylic acid groups (broad SMARTS) is 1. The molecule has 0 spiro atoms. The van der Waals surface area contributed by atoms with E-state index in [1.54, 1.807) is 0 Å². The second-order valence-corrected chi connectivity index (χ2v) is 5.48. The predicted octanol–water partition coefficient (Wildman–Crippen LogP) is 4.15. The van der Waals surface area contributed by atoms with Crippen molar-refractivity contribution in [2.75, 3.05) is 6.61 Å². The maximum atomic E-state index is 11.4. The quantitative estimate of drug-likeness (QED) is 0.630. The van der Waals surface area contributed by atoms with Gasteiger partial charge in [0.1, 0.15) is 0 Å². The second kappa shape index (κ2) is 8.52. The van der Waals surface area contributed by atoms with Crippen molar-refractivity contribution < 1.29 is 14.6 Å². The molecule has 18 heavy (non-hydrogen) atoms. The molecule has 0 amide bonds. The minimum atomic E-state index is -0.859. The van der Waals surface area contributed by atoms with E-state index in [2.05, 4.69) is 6.92 Å². The Kier molecular flexibility index (Phi) is 7.33. The molecule has 3 nitrogen and oxygen atoms in total. The van der Waals surface area contributed by atoms with E-state index < -0.39 is 11.6 Å². The lowest BCUT2D eigenvalue weighted by Crippen LogP contribution is -2.43. The molecule has 0 aromatic heterocycles. The van der Waals surface area contributed by atoms with E-state index in [0.29, 0.717) is 19.4 Å². The average molecular weight is 256 g/mol. The van der Waals surface area contributed by atoms with Gasteiger partial charge in [-0.2, -0.15) is 0 Å². The van der Waals surface area contributed by atoms with Crippen LogP contribution < -0.4 is 0 Å². The van der Waals surface area contributed by atoms with E-state index in [0.717, 1.165) is 32.1 Å². The molecule has 1 saturated carbocycles. The molecular formula is C15H28O3. The number of hydrogen-bond acceptors (Lipinski definition) is 2. The van der Waals surface area contributed by atoms with Crippen LogP contribution in [0.2, 0.25) is 0 Å². The molecule has 0 aromatic carbocycles. The standard InChI is InChI=1S/C15H28O3/c1-2-3-4-5-6-10-13-18-15(14(16)17)11-8-7-9-12-15/h2-13H2,1H3,(H,16,17). The first-order chi connectivity index (χ1) is 8.71. The van der Waals surface area contributed by atoms with Gasteiger partial charge >= 0.3 is 5.97 Å². The summed E-state index contributed by atoms with van der Waals surface area (Å²) < 4.78 is 5.74. The fourth-order valence-corrected chi connectivity index (χ4v) is 2.69. The number of rotatable bonds is 9. The third-order valence-corrected chi connectivity index (χ3v) is 3.93. The summed E-state index contributed by atoms with van der Waals surface area (Å²) in [6, 6.07) is 0. The molecule has 1 rings (SSSR count). The fraction of sp³-hybridized carbons (Fsp3) is 0.933. The highest BCUT2D eigenvalue weighted by Gasteiger charge is 2.40. The highest BCUT2D eigenvalue weighted by molar-refractivity contribution is 5.77. The van der Waals surface area contributed by atoms with Crippen molar-refractivity contribution in [1.82, 2.24) is 0 Å². The van der Waals surface area contributed by atoms with Gasteiger partial charge in [-0.05, 0) is 32.1 Å². The summed E-state index contributed by atoms with van der Waals surface area (Å²) in [5.41, 5.74) is -0.859. The maximum Gasteiger partial charge on any atom is 0.335 e. The Morgan fingerprint density at radius 1 is 1.06 bits per heavy atom. The molecule has 106 valence electrons. The van der Waals surface area contributed by atoms with Crippen molar-refractivity contribution in [2.45, 2.75) is 83.2 Å². The van der Waals surface area contributed by atoms with Crippen LogP contribution in [0.3, 0.4) is 0 Å². The van der Waals surface area contributed by atoms with Gasteiger partial charge in [0.15, 0.2) is 5.60 Å². The number of carbonyl (C=O) groups is 1. The van der Waals surface area contributed by atoms with E-state index in [1.807, 2.05) is 0 Å². The van der Waals surface area contributed by atoms with E-state index in [4.69, 9.17) is 4.74 Å². The Labute approximate surface area is 111 Å². The van der Waals surface area contributed by atoms with Crippen LogP contribution in [0.25, 0.3) is 0 Å². The summed E-state index contributed by atoms with van der Waals surface area (Å²) in [6.07, 6.45) is 11.8.